The first-order valence-electron chi connectivity index (χ1n) is 5.84. The monoisotopic (exact) mass is 302 g/mol. The van der Waals surface area contributed by atoms with Gasteiger partial charge in [0.2, 0.25) is 0 Å². The number of halogens is 1. The van der Waals surface area contributed by atoms with Crippen molar-refractivity contribution < 1.29 is 19.6 Å². The molecule has 1 aromatic carbocycles. The van der Waals surface area contributed by atoms with Crippen LogP contribution in [0, 0.1) is 10.1 Å². The Kier molecular flexibility index (Phi) is 6.37. The van der Waals surface area contributed by atoms with E-state index in [1.165, 1.54) is 30.2 Å². The van der Waals surface area contributed by atoms with Gasteiger partial charge < -0.3 is 14.7 Å². The molecule has 1 N–H and O–H groups in total. The summed E-state index contributed by atoms with van der Waals surface area (Å²) in [6, 6.07) is 3.78. The molecule has 0 heterocycles. The lowest BCUT2D eigenvalue weighted by Gasteiger charge is -2.21. The smallest absolute Gasteiger partial charge is 0.282 e. The molecule has 0 spiro atoms. The molecule has 0 aliphatic carbocycles. The summed E-state index contributed by atoms with van der Waals surface area (Å²) in [7, 11) is 1.48. The summed E-state index contributed by atoms with van der Waals surface area (Å²) in [4.78, 5) is 23.9. The minimum Gasteiger partial charge on any atom is -0.395 e. The van der Waals surface area contributed by atoms with Gasteiger partial charge in [0.1, 0.15) is 5.56 Å². The Morgan fingerprint density at radius 1 is 1.50 bits per heavy atom. The van der Waals surface area contributed by atoms with Gasteiger partial charge in [0.05, 0.1) is 18.1 Å². The van der Waals surface area contributed by atoms with Gasteiger partial charge in [-0.25, -0.2) is 0 Å². The average Bonchev–Trinajstić information content (AvgIpc) is 2.42. The fraction of sp³-hybridized carbons (Fsp3) is 0.417. The third-order valence-corrected chi connectivity index (χ3v) is 2.84. The van der Waals surface area contributed by atoms with Gasteiger partial charge in [-0.05, 0) is 12.1 Å². The minimum atomic E-state index is -0.642. The van der Waals surface area contributed by atoms with Crippen LogP contribution in [0.2, 0.25) is 5.02 Å². The molecule has 0 bridgehead atoms. The number of amides is 1. The molecule has 1 amide bonds. The molecule has 1 aromatic rings. The lowest BCUT2D eigenvalue weighted by Crippen LogP contribution is -2.36. The van der Waals surface area contributed by atoms with Crippen LogP contribution in [0.3, 0.4) is 0 Å². The summed E-state index contributed by atoms with van der Waals surface area (Å²) in [6.07, 6.45) is 0. The Balaban J connectivity index is 3.09. The summed E-state index contributed by atoms with van der Waals surface area (Å²) in [5, 5.41) is 20.2. The second kappa shape index (κ2) is 7.78. The van der Waals surface area contributed by atoms with Crippen molar-refractivity contribution in [1.82, 2.24) is 4.90 Å². The Morgan fingerprint density at radius 3 is 2.75 bits per heavy atom. The number of hydrogen-bond donors (Lipinski definition) is 1. The van der Waals surface area contributed by atoms with Crippen molar-refractivity contribution in [3.05, 3.63) is 38.9 Å². The van der Waals surface area contributed by atoms with Crippen LogP contribution < -0.4 is 0 Å². The van der Waals surface area contributed by atoms with E-state index >= 15 is 0 Å². The van der Waals surface area contributed by atoms with Crippen LogP contribution in [0.4, 0.5) is 5.69 Å². The largest absolute Gasteiger partial charge is 0.395 e. The SMILES string of the molecule is COCCN(CCO)C(=O)c1cc(Cl)ccc1[N+](=O)[O-]. The lowest BCUT2D eigenvalue weighted by atomic mass is 10.1. The molecule has 20 heavy (non-hydrogen) atoms. The molecule has 1 rings (SSSR count). The number of aliphatic hydroxyl groups is 1. The third-order valence-electron chi connectivity index (χ3n) is 2.61. The van der Waals surface area contributed by atoms with Crippen molar-refractivity contribution in [2.24, 2.45) is 0 Å². The van der Waals surface area contributed by atoms with E-state index in [2.05, 4.69) is 0 Å². The van der Waals surface area contributed by atoms with Crippen molar-refractivity contribution >= 4 is 23.2 Å². The first kappa shape index (κ1) is 16.4. The first-order chi connectivity index (χ1) is 9.51. The molecule has 0 atom stereocenters. The summed E-state index contributed by atoms with van der Waals surface area (Å²) < 4.78 is 4.87. The molecule has 0 aliphatic rings. The van der Waals surface area contributed by atoms with Crippen LogP contribution in [-0.2, 0) is 4.74 Å². The van der Waals surface area contributed by atoms with E-state index in [9.17, 15) is 14.9 Å². The maximum Gasteiger partial charge on any atom is 0.282 e. The number of carbonyl (C=O) groups is 1. The van der Waals surface area contributed by atoms with Crippen LogP contribution in [-0.4, -0.2) is 54.3 Å². The highest BCUT2D eigenvalue weighted by atomic mass is 35.5. The van der Waals surface area contributed by atoms with Crippen LogP contribution in [0.1, 0.15) is 10.4 Å². The van der Waals surface area contributed by atoms with Crippen molar-refractivity contribution in [2.75, 3.05) is 33.4 Å². The molecular weight excluding hydrogens is 288 g/mol. The standard InChI is InChI=1S/C12H15ClN2O5/c1-20-7-5-14(4-6-16)12(17)10-8-9(13)2-3-11(10)15(18)19/h2-3,8,16H,4-7H2,1H3. The average molecular weight is 303 g/mol. The number of methoxy groups -OCH3 is 1. The molecule has 0 saturated carbocycles. The van der Waals surface area contributed by atoms with E-state index in [-0.39, 0.29) is 42.6 Å². The second-order valence-corrected chi connectivity index (χ2v) is 4.36. The first-order valence-corrected chi connectivity index (χ1v) is 6.22. The predicted molar refractivity (Wildman–Crippen MR) is 73.0 cm³/mol. The van der Waals surface area contributed by atoms with Gasteiger partial charge in [0.15, 0.2) is 0 Å². The fourth-order valence-electron chi connectivity index (χ4n) is 1.65. The number of hydrogen-bond acceptors (Lipinski definition) is 5. The summed E-state index contributed by atoms with van der Waals surface area (Å²) in [5.41, 5.74) is -0.424. The fourth-order valence-corrected chi connectivity index (χ4v) is 1.82. The number of rotatable bonds is 7. The zero-order chi connectivity index (χ0) is 15.1. The molecule has 0 aliphatic heterocycles. The molecule has 110 valence electrons. The van der Waals surface area contributed by atoms with Crippen LogP contribution in [0.25, 0.3) is 0 Å². The van der Waals surface area contributed by atoms with E-state index in [1.807, 2.05) is 0 Å². The Hall–Kier alpha value is -1.70. The molecule has 8 heteroatoms. The van der Waals surface area contributed by atoms with Crippen molar-refractivity contribution in [3.8, 4) is 0 Å². The number of ether oxygens (including phenoxy) is 1. The highest BCUT2D eigenvalue weighted by Crippen LogP contribution is 2.24. The molecule has 0 saturated heterocycles. The summed E-state index contributed by atoms with van der Waals surface area (Å²) in [5.74, 6) is -0.565. The highest BCUT2D eigenvalue weighted by molar-refractivity contribution is 6.31. The van der Waals surface area contributed by atoms with Crippen LogP contribution >= 0.6 is 11.6 Å². The number of nitrogens with zero attached hydrogens (tertiary/aromatic N) is 2. The van der Waals surface area contributed by atoms with Gasteiger partial charge in [-0.1, -0.05) is 11.6 Å². The molecule has 7 nitrogen and oxygen atoms in total. The quantitative estimate of drug-likeness (QED) is 0.606. The Labute approximate surface area is 120 Å². The molecule has 0 aromatic heterocycles. The topological polar surface area (TPSA) is 92.9 Å². The van der Waals surface area contributed by atoms with Gasteiger partial charge in [0.25, 0.3) is 11.6 Å². The maximum absolute atomic E-state index is 12.3. The van der Waals surface area contributed by atoms with E-state index in [1.54, 1.807) is 0 Å². The Bertz CT molecular complexity index is 495. The van der Waals surface area contributed by atoms with Crippen LogP contribution in [0.15, 0.2) is 18.2 Å². The number of nitro benzene ring substituents is 1. The summed E-state index contributed by atoms with van der Waals surface area (Å²) in [6.45, 7) is 0.301. The minimum absolute atomic E-state index is 0.0614. The maximum atomic E-state index is 12.3. The molecular formula is C12H15ClN2O5. The van der Waals surface area contributed by atoms with Gasteiger partial charge in [0, 0.05) is 31.3 Å². The zero-order valence-corrected chi connectivity index (χ0v) is 11.7. The lowest BCUT2D eigenvalue weighted by molar-refractivity contribution is -0.385. The van der Waals surface area contributed by atoms with E-state index in [0.29, 0.717) is 0 Å². The van der Waals surface area contributed by atoms with Gasteiger partial charge in [-0.2, -0.15) is 0 Å². The van der Waals surface area contributed by atoms with E-state index < -0.39 is 10.8 Å². The third kappa shape index (κ3) is 4.16. The summed E-state index contributed by atoms with van der Waals surface area (Å²) >= 11 is 5.78. The van der Waals surface area contributed by atoms with Crippen molar-refractivity contribution in [3.63, 3.8) is 0 Å². The number of benzene rings is 1. The van der Waals surface area contributed by atoms with Crippen LogP contribution in [0.5, 0.6) is 0 Å². The number of carbonyl (C=O) groups excluding carboxylic acids is 1. The van der Waals surface area contributed by atoms with Gasteiger partial charge in [-0.15, -0.1) is 0 Å². The number of aliphatic hydroxyl groups excluding tert-OH is 1. The second-order valence-electron chi connectivity index (χ2n) is 3.93. The number of nitro groups is 1. The predicted octanol–water partition coefficient (Wildman–Crippen LogP) is 1.33. The highest BCUT2D eigenvalue weighted by Gasteiger charge is 2.24. The van der Waals surface area contributed by atoms with Crippen molar-refractivity contribution in [2.45, 2.75) is 0 Å². The van der Waals surface area contributed by atoms with E-state index in [0.717, 1.165) is 0 Å². The van der Waals surface area contributed by atoms with Gasteiger partial charge >= 0.3 is 0 Å². The van der Waals surface area contributed by atoms with Crippen molar-refractivity contribution in [1.29, 1.82) is 0 Å². The van der Waals surface area contributed by atoms with Gasteiger partial charge in [-0.3, -0.25) is 14.9 Å². The molecule has 0 fully saturated rings. The molecule has 0 unspecified atom stereocenters. The van der Waals surface area contributed by atoms with E-state index in [4.69, 9.17) is 21.4 Å². The Morgan fingerprint density at radius 2 is 2.20 bits per heavy atom. The normalized spacial score (nSPS) is 10.3. The zero-order valence-electron chi connectivity index (χ0n) is 10.9. The molecule has 0 radical (unpaired) electrons.